The van der Waals surface area contributed by atoms with E-state index in [1.807, 2.05) is 6.92 Å². The molecule has 0 heterocycles. The van der Waals surface area contributed by atoms with Crippen LogP contribution in [-0.2, 0) is 23.3 Å². The predicted octanol–water partition coefficient (Wildman–Crippen LogP) is 0.658. The Morgan fingerprint density at radius 3 is 2.43 bits per heavy atom. The Labute approximate surface area is 129 Å². The summed E-state index contributed by atoms with van der Waals surface area (Å²) in [5.74, 6) is -0.840. The van der Waals surface area contributed by atoms with Crippen LogP contribution in [-0.4, -0.2) is 46.1 Å². The number of amides is 1. The molecule has 0 saturated heterocycles. The maximum absolute atomic E-state index is 12.1. The zero-order chi connectivity index (χ0) is 15.7. The van der Waals surface area contributed by atoms with E-state index in [0.29, 0.717) is 12.2 Å². The van der Waals surface area contributed by atoms with Crippen molar-refractivity contribution in [1.82, 2.24) is 0 Å². The molecule has 0 unspecified atom stereocenters. The molecule has 2 radical (unpaired) electrons. The summed E-state index contributed by atoms with van der Waals surface area (Å²) in [6.45, 7) is 4.22. The molecule has 1 aromatic carbocycles. The number of hydrogen-bond donors (Lipinski definition) is 1. The van der Waals surface area contributed by atoms with Crippen LogP contribution in [0, 0.1) is 0 Å². The Morgan fingerprint density at radius 2 is 1.90 bits per heavy atom. The maximum atomic E-state index is 12.1. The van der Waals surface area contributed by atoms with Crippen LogP contribution in [0.4, 0.5) is 5.69 Å². The third-order valence-corrected chi connectivity index (χ3v) is 4.12. The van der Waals surface area contributed by atoms with Gasteiger partial charge in [0.15, 0.2) is 0 Å². The van der Waals surface area contributed by atoms with Gasteiger partial charge in [-0.05, 0) is 0 Å². The molecular formula is C13H17GeNO6. The number of anilines is 1. The van der Waals surface area contributed by atoms with E-state index < -0.39 is 21.7 Å². The van der Waals surface area contributed by atoms with Crippen LogP contribution in [0.2, 0.25) is 0 Å². The second-order valence-electron chi connectivity index (χ2n) is 3.93. The molecule has 1 aromatic rings. The van der Waals surface area contributed by atoms with E-state index in [9.17, 15) is 9.59 Å². The second kappa shape index (κ2) is 9.51. The van der Waals surface area contributed by atoms with Crippen molar-refractivity contribution in [3.8, 4) is 0 Å². The number of esters is 1. The van der Waals surface area contributed by atoms with E-state index in [4.69, 9.17) is 9.99 Å². The van der Waals surface area contributed by atoms with E-state index in [1.165, 1.54) is 4.90 Å². The molecule has 0 fully saturated rings. The predicted molar refractivity (Wildman–Crippen MR) is 75.9 cm³/mol. The van der Waals surface area contributed by atoms with Crippen LogP contribution in [0.15, 0.2) is 24.3 Å². The van der Waals surface area contributed by atoms with Crippen LogP contribution in [0.3, 0.4) is 0 Å². The van der Waals surface area contributed by atoms with Gasteiger partial charge in [-0.25, -0.2) is 0 Å². The molecule has 0 saturated carbocycles. The van der Waals surface area contributed by atoms with Gasteiger partial charge in [-0.2, -0.15) is 0 Å². The summed E-state index contributed by atoms with van der Waals surface area (Å²) in [7, 11) is 0. The van der Waals surface area contributed by atoms with E-state index in [0.717, 1.165) is 4.40 Å². The molecule has 21 heavy (non-hydrogen) atoms. The Bertz CT molecular complexity index is 464. The fourth-order valence-corrected chi connectivity index (χ4v) is 2.63. The first-order valence-corrected chi connectivity index (χ1v) is 8.32. The minimum atomic E-state index is -1.03. The number of ether oxygens (including phenoxy) is 1. The SMILES string of the molecule is CCOC(=O)CC(=O)N(CC)c1cc[c]([Ge][O]OO)cc1. The Hall–Kier alpha value is -1.42. The third kappa shape index (κ3) is 5.84. The molecule has 1 N–H and O–H groups in total. The van der Waals surface area contributed by atoms with Crippen molar-refractivity contribution in [2.24, 2.45) is 0 Å². The van der Waals surface area contributed by atoms with Crippen molar-refractivity contribution < 1.29 is 28.5 Å². The topological polar surface area (TPSA) is 85.3 Å². The quantitative estimate of drug-likeness (QED) is 0.242. The summed E-state index contributed by atoms with van der Waals surface area (Å²) >= 11 is -1.03. The summed E-state index contributed by atoms with van der Waals surface area (Å²) < 4.78 is 10.2. The molecule has 0 aromatic heterocycles. The molecule has 7 nitrogen and oxygen atoms in total. The van der Waals surface area contributed by atoms with Crippen molar-refractivity contribution in [3.63, 3.8) is 0 Å². The van der Waals surface area contributed by atoms with Crippen molar-refractivity contribution >= 4 is 37.7 Å². The molecule has 0 atom stereocenters. The number of carbonyl (C=O) groups is 2. The summed E-state index contributed by atoms with van der Waals surface area (Å²) in [6.07, 6.45) is -0.279. The van der Waals surface area contributed by atoms with Crippen molar-refractivity contribution in [3.05, 3.63) is 24.3 Å². The number of hydrogen-bond acceptors (Lipinski definition) is 6. The van der Waals surface area contributed by atoms with Gasteiger partial charge in [-0.15, -0.1) is 0 Å². The summed E-state index contributed by atoms with van der Waals surface area (Å²) in [5.41, 5.74) is 0.687. The Kier molecular flexibility index (Phi) is 7.98. The van der Waals surface area contributed by atoms with Gasteiger partial charge in [0, 0.05) is 0 Å². The second-order valence-corrected chi connectivity index (χ2v) is 5.92. The van der Waals surface area contributed by atoms with Crippen LogP contribution >= 0.6 is 0 Å². The van der Waals surface area contributed by atoms with Gasteiger partial charge < -0.3 is 0 Å². The third-order valence-electron chi connectivity index (χ3n) is 2.59. The first-order valence-electron chi connectivity index (χ1n) is 6.41. The van der Waals surface area contributed by atoms with Gasteiger partial charge in [0.05, 0.1) is 0 Å². The zero-order valence-corrected chi connectivity index (χ0v) is 14.0. The zero-order valence-electron chi connectivity index (χ0n) is 11.9. The number of carbonyl (C=O) groups excluding carboxylic acids is 2. The molecule has 0 aliphatic rings. The van der Waals surface area contributed by atoms with Crippen LogP contribution in [0.25, 0.3) is 0 Å². The average Bonchev–Trinajstić information content (AvgIpc) is 2.47. The molecule has 1 amide bonds. The monoisotopic (exact) mass is 357 g/mol. The Balaban J connectivity index is 2.70. The summed E-state index contributed by atoms with van der Waals surface area (Å²) in [5, 5.41) is 11.7. The minimum absolute atomic E-state index is 0.254. The van der Waals surface area contributed by atoms with Gasteiger partial charge in [0.1, 0.15) is 0 Å². The standard InChI is InChI=1S/C13H17GeNO6/c1-3-15(12(16)9-13(17)19-4-2)11-7-5-10(6-8-11)14-20-21-18/h5-8,18H,3-4,9H2,1-2H3. The fraction of sp³-hybridized carbons (Fsp3) is 0.385. The van der Waals surface area contributed by atoms with Crippen molar-refractivity contribution in [2.75, 3.05) is 18.1 Å². The summed E-state index contributed by atoms with van der Waals surface area (Å²) in [4.78, 5) is 24.9. The molecule has 1 rings (SSSR count). The average molecular weight is 356 g/mol. The van der Waals surface area contributed by atoms with Gasteiger partial charge in [-0.3, -0.25) is 0 Å². The van der Waals surface area contributed by atoms with Gasteiger partial charge in [0.2, 0.25) is 0 Å². The van der Waals surface area contributed by atoms with E-state index in [1.54, 1.807) is 31.2 Å². The molecule has 0 spiro atoms. The summed E-state index contributed by atoms with van der Waals surface area (Å²) in [6, 6.07) is 7.08. The first kappa shape index (κ1) is 17.6. The molecule has 114 valence electrons. The number of benzene rings is 1. The first-order chi connectivity index (χ1) is 10.1. The van der Waals surface area contributed by atoms with Crippen molar-refractivity contribution in [1.29, 1.82) is 0 Å². The van der Waals surface area contributed by atoms with E-state index in [2.05, 4.69) is 8.95 Å². The number of rotatable bonds is 8. The van der Waals surface area contributed by atoms with Gasteiger partial charge in [0.25, 0.3) is 0 Å². The van der Waals surface area contributed by atoms with E-state index in [-0.39, 0.29) is 18.9 Å². The van der Waals surface area contributed by atoms with Gasteiger partial charge in [-0.1, -0.05) is 0 Å². The van der Waals surface area contributed by atoms with Gasteiger partial charge >= 0.3 is 129 Å². The normalized spacial score (nSPS) is 10.2. The fourth-order valence-electron chi connectivity index (χ4n) is 1.71. The van der Waals surface area contributed by atoms with Crippen molar-refractivity contribution in [2.45, 2.75) is 20.3 Å². The molecule has 8 heteroatoms. The number of nitrogens with zero attached hydrogens (tertiary/aromatic N) is 1. The van der Waals surface area contributed by atoms with Crippen LogP contribution in [0.1, 0.15) is 20.3 Å². The van der Waals surface area contributed by atoms with Crippen LogP contribution in [0.5, 0.6) is 0 Å². The van der Waals surface area contributed by atoms with E-state index >= 15 is 0 Å². The molecule has 0 bridgehead atoms. The molecule has 0 aliphatic carbocycles. The van der Waals surface area contributed by atoms with Crippen LogP contribution < -0.4 is 9.30 Å². The Morgan fingerprint density at radius 1 is 1.24 bits per heavy atom. The molecular weight excluding hydrogens is 339 g/mol. The molecule has 0 aliphatic heterocycles.